The highest BCUT2D eigenvalue weighted by molar-refractivity contribution is 5.76. The molecule has 0 bridgehead atoms. The number of nitrogens with one attached hydrogen (secondary N) is 2. The molecular formula is C13H24N2O2. The summed E-state index contributed by atoms with van der Waals surface area (Å²) in [5.41, 5.74) is 0.152. The van der Waals surface area contributed by atoms with Gasteiger partial charge in [0.05, 0.1) is 6.61 Å². The maximum absolute atomic E-state index is 11.7. The molecule has 2 rings (SSSR count). The van der Waals surface area contributed by atoms with Crippen LogP contribution in [0, 0.1) is 11.3 Å². The molecule has 1 saturated carbocycles. The van der Waals surface area contributed by atoms with Crippen LogP contribution in [0.3, 0.4) is 0 Å². The third-order valence-electron chi connectivity index (χ3n) is 3.95. The maximum Gasteiger partial charge on any atom is 0.220 e. The summed E-state index contributed by atoms with van der Waals surface area (Å²) in [7, 11) is 1.75. The van der Waals surface area contributed by atoms with Crippen molar-refractivity contribution >= 4 is 5.91 Å². The minimum absolute atomic E-state index is 0.152. The van der Waals surface area contributed by atoms with Gasteiger partial charge in [0.2, 0.25) is 5.91 Å². The lowest BCUT2D eigenvalue weighted by Crippen LogP contribution is -2.47. The lowest BCUT2D eigenvalue weighted by Gasteiger charge is -2.37. The average Bonchev–Trinajstić information content (AvgIpc) is 3.12. The fourth-order valence-electron chi connectivity index (χ4n) is 2.58. The van der Waals surface area contributed by atoms with Crippen LogP contribution >= 0.6 is 0 Å². The fraction of sp³-hybridized carbons (Fsp3) is 0.923. The van der Waals surface area contributed by atoms with Gasteiger partial charge in [-0.1, -0.05) is 0 Å². The number of piperidine rings is 1. The molecule has 0 atom stereocenters. The van der Waals surface area contributed by atoms with E-state index in [9.17, 15) is 4.79 Å². The average molecular weight is 240 g/mol. The highest BCUT2D eigenvalue weighted by atomic mass is 16.5. The Bertz CT molecular complexity index is 253. The van der Waals surface area contributed by atoms with Crippen molar-refractivity contribution in [1.29, 1.82) is 0 Å². The summed E-state index contributed by atoms with van der Waals surface area (Å²) in [5, 5.41) is 6.46. The molecule has 17 heavy (non-hydrogen) atoms. The van der Waals surface area contributed by atoms with E-state index in [0.29, 0.717) is 5.92 Å². The van der Waals surface area contributed by atoms with Crippen LogP contribution in [-0.4, -0.2) is 39.3 Å². The van der Waals surface area contributed by atoms with Gasteiger partial charge in [-0.3, -0.25) is 4.79 Å². The van der Waals surface area contributed by atoms with E-state index < -0.39 is 0 Å². The van der Waals surface area contributed by atoms with Gasteiger partial charge in [0.1, 0.15) is 0 Å². The van der Waals surface area contributed by atoms with Crippen LogP contribution in [0.4, 0.5) is 0 Å². The summed E-state index contributed by atoms with van der Waals surface area (Å²) in [5.74, 6) is 0.892. The minimum Gasteiger partial charge on any atom is -0.384 e. The number of carbonyl (C=O) groups is 1. The molecule has 1 saturated heterocycles. The molecule has 1 heterocycles. The lowest BCUT2D eigenvalue weighted by molar-refractivity contribution is -0.122. The van der Waals surface area contributed by atoms with Crippen LogP contribution in [-0.2, 0) is 9.53 Å². The predicted octanol–water partition coefficient (Wildman–Crippen LogP) is 0.919. The van der Waals surface area contributed by atoms with Gasteiger partial charge in [-0.25, -0.2) is 0 Å². The van der Waals surface area contributed by atoms with Crippen molar-refractivity contribution in [3.63, 3.8) is 0 Å². The van der Waals surface area contributed by atoms with Crippen molar-refractivity contribution in [1.82, 2.24) is 10.6 Å². The van der Waals surface area contributed by atoms with Crippen LogP contribution < -0.4 is 10.6 Å². The van der Waals surface area contributed by atoms with Gasteiger partial charge in [0.25, 0.3) is 0 Å². The zero-order valence-electron chi connectivity index (χ0n) is 10.8. The maximum atomic E-state index is 11.7. The van der Waals surface area contributed by atoms with Gasteiger partial charge in [-0.2, -0.15) is 0 Å². The van der Waals surface area contributed by atoms with Gasteiger partial charge in [0, 0.05) is 25.5 Å². The second-order valence-corrected chi connectivity index (χ2v) is 5.61. The highest BCUT2D eigenvalue weighted by Crippen LogP contribution is 2.32. The molecule has 0 radical (unpaired) electrons. The SMILES string of the molecule is COCC1(CNC(=O)CC2CC2)CCNCC1. The monoisotopic (exact) mass is 240 g/mol. The standard InChI is InChI=1S/C13H24N2O2/c1-17-10-13(4-6-14-7-5-13)9-15-12(16)8-11-2-3-11/h11,14H,2-10H2,1H3,(H,15,16). The Morgan fingerprint density at radius 1 is 1.41 bits per heavy atom. The second kappa shape index (κ2) is 5.83. The van der Waals surface area contributed by atoms with Crippen molar-refractivity contribution in [2.75, 3.05) is 33.4 Å². The van der Waals surface area contributed by atoms with E-state index in [0.717, 1.165) is 45.5 Å². The second-order valence-electron chi connectivity index (χ2n) is 5.61. The first-order valence-corrected chi connectivity index (χ1v) is 6.70. The van der Waals surface area contributed by atoms with Crippen LogP contribution in [0.5, 0.6) is 0 Å². The van der Waals surface area contributed by atoms with E-state index in [4.69, 9.17) is 4.74 Å². The minimum atomic E-state index is 0.152. The summed E-state index contributed by atoms with van der Waals surface area (Å²) in [4.78, 5) is 11.7. The molecule has 1 amide bonds. The van der Waals surface area contributed by atoms with Crippen molar-refractivity contribution in [2.45, 2.75) is 32.1 Å². The Hall–Kier alpha value is -0.610. The number of rotatable bonds is 6. The normalized spacial score (nSPS) is 23.4. The molecule has 4 nitrogen and oxygen atoms in total. The van der Waals surface area contributed by atoms with E-state index in [1.807, 2.05) is 0 Å². The molecule has 2 fully saturated rings. The smallest absolute Gasteiger partial charge is 0.220 e. The van der Waals surface area contributed by atoms with E-state index in [1.165, 1.54) is 12.8 Å². The summed E-state index contributed by atoms with van der Waals surface area (Å²) < 4.78 is 5.33. The summed E-state index contributed by atoms with van der Waals surface area (Å²) in [6, 6.07) is 0. The number of amides is 1. The predicted molar refractivity (Wildman–Crippen MR) is 66.8 cm³/mol. The third kappa shape index (κ3) is 3.96. The Labute approximate surface area is 103 Å². The first-order chi connectivity index (χ1) is 8.24. The molecule has 2 aliphatic rings. The molecule has 1 aliphatic carbocycles. The molecule has 0 aromatic heterocycles. The van der Waals surface area contributed by atoms with E-state index in [2.05, 4.69) is 10.6 Å². The van der Waals surface area contributed by atoms with Crippen LogP contribution in [0.1, 0.15) is 32.1 Å². The quantitative estimate of drug-likeness (QED) is 0.726. The van der Waals surface area contributed by atoms with Crippen LogP contribution in [0.2, 0.25) is 0 Å². The van der Waals surface area contributed by atoms with Crippen molar-refractivity contribution in [3.05, 3.63) is 0 Å². The summed E-state index contributed by atoms with van der Waals surface area (Å²) in [6.07, 6.45) is 5.37. The van der Waals surface area contributed by atoms with Gasteiger partial charge in [-0.15, -0.1) is 0 Å². The Morgan fingerprint density at radius 3 is 2.71 bits per heavy atom. The van der Waals surface area contributed by atoms with E-state index >= 15 is 0 Å². The molecule has 1 aliphatic heterocycles. The van der Waals surface area contributed by atoms with E-state index in [-0.39, 0.29) is 11.3 Å². The van der Waals surface area contributed by atoms with Crippen molar-refractivity contribution in [3.8, 4) is 0 Å². The Kier molecular flexibility index (Phi) is 4.40. The van der Waals surface area contributed by atoms with Gasteiger partial charge >= 0.3 is 0 Å². The number of carbonyl (C=O) groups excluding carboxylic acids is 1. The van der Waals surface area contributed by atoms with Crippen molar-refractivity contribution in [2.24, 2.45) is 11.3 Å². The van der Waals surface area contributed by atoms with Gasteiger partial charge < -0.3 is 15.4 Å². The highest BCUT2D eigenvalue weighted by Gasteiger charge is 2.33. The van der Waals surface area contributed by atoms with E-state index in [1.54, 1.807) is 7.11 Å². The Morgan fingerprint density at radius 2 is 2.12 bits per heavy atom. The summed E-state index contributed by atoms with van der Waals surface area (Å²) in [6.45, 7) is 3.58. The van der Waals surface area contributed by atoms with Gasteiger partial charge in [0.15, 0.2) is 0 Å². The molecule has 2 N–H and O–H groups in total. The van der Waals surface area contributed by atoms with Crippen molar-refractivity contribution < 1.29 is 9.53 Å². The zero-order valence-corrected chi connectivity index (χ0v) is 10.8. The Balaban J connectivity index is 1.77. The third-order valence-corrected chi connectivity index (χ3v) is 3.95. The molecule has 0 aromatic carbocycles. The lowest BCUT2D eigenvalue weighted by atomic mass is 9.79. The first-order valence-electron chi connectivity index (χ1n) is 6.70. The topological polar surface area (TPSA) is 50.4 Å². The molecular weight excluding hydrogens is 216 g/mol. The molecule has 0 unspecified atom stereocenters. The molecule has 98 valence electrons. The molecule has 0 spiro atoms. The number of methoxy groups -OCH3 is 1. The van der Waals surface area contributed by atoms with Gasteiger partial charge in [-0.05, 0) is 44.7 Å². The molecule has 0 aromatic rings. The number of hydrogen-bond donors (Lipinski definition) is 2. The number of ether oxygens (including phenoxy) is 1. The van der Waals surface area contributed by atoms with Crippen LogP contribution in [0.25, 0.3) is 0 Å². The molecule has 4 heteroatoms. The first kappa shape index (κ1) is 12.8. The fourth-order valence-corrected chi connectivity index (χ4v) is 2.58. The summed E-state index contributed by atoms with van der Waals surface area (Å²) >= 11 is 0. The largest absolute Gasteiger partial charge is 0.384 e. The zero-order chi connectivity index (χ0) is 12.1. The number of hydrogen-bond acceptors (Lipinski definition) is 3. The van der Waals surface area contributed by atoms with Crippen LogP contribution in [0.15, 0.2) is 0 Å².